The van der Waals surface area contributed by atoms with Gasteiger partial charge in [0.15, 0.2) is 4.34 Å². The maximum Gasteiger partial charge on any atom is 1.00 e. The summed E-state index contributed by atoms with van der Waals surface area (Å²) in [4.78, 5) is 29.8. The zero-order valence-corrected chi connectivity index (χ0v) is 20.0. The minimum atomic E-state index is -1.36. The summed E-state index contributed by atoms with van der Waals surface area (Å²) >= 11 is 3.20. The number of benzene rings is 1. The van der Waals surface area contributed by atoms with Gasteiger partial charge >= 0.3 is 29.6 Å². The predicted molar refractivity (Wildman–Crippen MR) is 106 cm³/mol. The van der Waals surface area contributed by atoms with Crippen LogP contribution >= 0.6 is 23.1 Å². The van der Waals surface area contributed by atoms with Gasteiger partial charge in [-0.05, 0) is 24.6 Å². The van der Waals surface area contributed by atoms with Gasteiger partial charge in [-0.1, -0.05) is 43.0 Å². The second-order valence-corrected chi connectivity index (χ2v) is 9.30. The molecule has 4 atom stereocenters. The number of hydrogen-bond donors (Lipinski definition) is 1. The molecule has 0 radical (unpaired) electrons. The van der Waals surface area contributed by atoms with Gasteiger partial charge in [0.2, 0.25) is 5.91 Å². The first kappa shape index (κ1) is 22.5. The number of aromatic nitrogens is 1. The summed E-state index contributed by atoms with van der Waals surface area (Å²) < 4.78 is 2.08. The number of allylic oxidation sites excluding steroid dienone is 1. The van der Waals surface area contributed by atoms with Crippen LogP contribution in [0.25, 0.3) is 10.2 Å². The Morgan fingerprint density at radius 1 is 1.45 bits per heavy atom. The topological polar surface area (TPSA) is 93.6 Å². The first-order valence-corrected chi connectivity index (χ1v) is 10.8. The minimum absolute atomic E-state index is 0. The summed E-state index contributed by atoms with van der Waals surface area (Å²) in [5, 5.41) is 21.5. The standard InChI is InChI=1S/C20H20N2O4S2.Na/c1-10-12(17(19(25)26)22-16(10)15(11(2)23)18(22)24)6-5-9-27-20-21-13-7-3-4-8-14(13)28-20;/h3-8,10-11,15-16,23H,9H2,1-2H3,(H,25,26);/q;+1/p-1/b6-5+;/t10-,11+,15+,16+;/m0./s1. The molecule has 3 heterocycles. The number of carbonyl (C=O) groups excluding carboxylic acids is 2. The molecule has 0 aliphatic carbocycles. The van der Waals surface area contributed by atoms with Crippen molar-refractivity contribution in [2.75, 3.05) is 5.75 Å². The van der Waals surface area contributed by atoms with Crippen molar-refractivity contribution in [1.82, 2.24) is 9.88 Å². The number of para-hydroxylation sites is 1. The molecule has 2 aromatic rings. The van der Waals surface area contributed by atoms with E-state index in [1.807, 2.05) is 37.3 Å². The van der Waals surface area contributed by atoms with Crippen molar-refractivity contribution in [3.63, 3.8) is 0 Å². The second kappa shape index (κ2) is 8.91. The number of nitrogens with zero attached hydrogens (tertiary/aromatic N) is 2. The smallest absolute Gasteiger partial charge is 0.543 e. The van der Waals surface area contributed by atoms with Gasteiger partial charge in [-0.25, -0.2) is 4.98 Å². The predicted octanol–water partition coefficient (Wildman–Crippen LogP) is -1.19. The van der Waals surface area contributed by atoms with Crippen molar-refractivity contribution < 1.29 is 49.4 Å². The number of rotatable bonds is 6. The zero-order chi connectivity index (χ0) is 20.0. The van der Waals surface area contributed by atoms with E-state index in [0.29, 0.717) is 11.3 Å². The van der Waals surface area contributed by atoms with Crippen molar-refractivity contribution in [1.29, 1.82) is 0 Å². The fraction of sp³-hybridized carbons (Fsp3) is 0.350. The summed E-state index contributed by atoms with van der Waals surface area (Å²) in [7, 11) is 0. The van der Waals surface area contributed by atoms with E-state index in [0.717, 1.165) is 14.6 Å². The zero-order valence-electron chi connectivity index (χ0n) is 16.4. The largest absolute Gasteiger partial charge is 1.00 e. The Labute approximate surface area is 199 Å². The van der Waals surface area contributed by atoms with Crippen LogP contribution in [0.4, 0.5) is 0 Å². The van der Waals surface area contributed by atoms with Crippen molar-refractivity contribution in [3.8, 4) is 0 Å². The van der Waals surface area contributed by atoms with Crippen LogP contribution in [0.2, 0.25) is 0 Å². The molecule has 1 fully saturated rings. The number of fused-ring (bicyclic) bond motifs is 2. The van der Waals surface area contributed by atoms with E-state index in [2.05, 4.69) is 4.98 Å². The molecular formula is C20H19N2NaO4S2. The van der Waals surface area contributed by atoms with Gasteiger partial charge in [0, 0.05) is 11.7 Å². The van der Waals surface area contributed by atoms with Gasteiger partial charge in [-0.3, -0.25) is 4.79 Å². The van der Waals surface area contributed by atoms with E-state index in [4.69, 9.17) is 0 Å². The fourth-order valence-electron chi connectivity index (χ4n) is 4.01. The Bertz CT molecular complexity index is 984. The van der Waals surface area contributed by atoms with E-state index >= 15 is 0 Å². The van der Waals surface area contributed by atoms with Crippen LogP contribution in [-0.2, 0) is 9.59 Å². The average Bonchev–Trinajstić information content (AvgIpc) is 3.15. The van der Waals surface area contributed by atoms with Crippen molar-refractivity contribution >= 4 is 45.2 Å². The number of amides is 1. The average molecular weight is 439 g/mol. The van der Waals surface area contributed by atoms with Gasteiger partial charge < -0.3 is 19.9 Å². The summed E-state index contributed by atoms with van der Waals surface area (Å²) in [5.74, 6) is -1.81. The number of thiazole rings is 1. The molecule has 0 bridgehead atoms. The van der Waals surface area contributed by atoms with Gasteiger partial charge in [-0.2, -0.15) is 0 Å². The Morgan fingerprint density at radius 3 is 2.83 bits per heavy atom. The quantitative estimate of drug-likeness (QED) is 0.346. The molecule has 0 spiro atoms. The summed E-state index contributed by atoms with van der Waals surface area (Å²) in [6, 6.07) is 7.62. The molecule has 0 saturated carbocycles. The van der Waals surface area contributed by atoms with Gasteiger partial charge in [-0.15, -0.1) is 11.3 Å². The number of aliphatic hydroxyl groups excluding tert-OH is 1. The van der Waals surface area contributed by atoms with Crippen LogP contribution in [0, 0.1) is 11.8 Å². The van der Waals surface area contributed by atoms with Gasteiger partial charge in [0.25, 0.3) is 0 Å². The normalized spacial score (nSPS) is 24.6. The third-order valence-corrected chi connectivity index (χ3v) is 7.43. The molecule has 1 aromatic heterocycles. The number of hydrogen-bond acceptors (Lipinski definition) is 7. The second-order valence-electron chi connectivity index (χ2n) is 7.01. The van der Waals surface area contributed by atoms with Crippen LogP contribution in [0.5, 0.6) is 0 Å². The Balaban J connectivity index is 0.00000240. The molecule has 2 aliphatic heterocycles. The number of carbonyl (C=O) groups is 2. The summed E-state index contributed by atoms with van der Waals surface area (Å²) in [6.07, 6.45) is 2.84. The third kappa shape index (κ3) is 3.94. The molecule has 1 amide bonds. The van der Waals surface area contributed by atoms with Crippen molar-refractivity contribution in [2.45, 2.75) is 30.3 Å². The SMILES string of the molecule is C[C@@H](O)[C@H]1C(=O)N2C(C(=O)[O-])=C(/C=C/CSc3nc4ccccc4s3)[C@H](C)[C@H]12.[Na+]. The Kier molecular flexibility index (Phi) is 6.92. The fourth-order valence-corrected chi connectivity index (χ4v) is 5.91. The van der Waals surface area contributed by atoms with E-state index in [9.17, 15) is 19.8 Å². The van der Waals surface area contributed by atoms with E-state index in [1.54, 1.807) is 36.1 Å². The molecule has 4 rings (SSSR count). The van der Waals surface area contributed by atoms with Crippen molar-refractivity contribution in [2.24, 2.45) is 11.8 Å². The van der Waals surface area contributed by atoms with Crippen LogP contribution < -0.4 is 34.7 Å². The number of aliphatic hydroxyl groups is 1. The first-order chi connectivity index (χ1) is 13.4. The van der Waals surface area contributed by atoms with Crippen molar-refractivity contribution in [3.05, 3.63) is 47.7 Å². The molecule has 1 aromatic carbocycles. The number of carboxylic acids is 1. The molecule has 0 unspecified atom stereocenters. The Morgan fingerprint density at radius 2 is 2.17 bits per heavy atom. The van der Waals surface area contributed by atoms with Crippen LogP contribution in [0.3, 0.4) is 0 Å². The third-order valence-electron chi connectivity index (χ3n) is 5.29. The van der Waals surface area contributed by atoms with Crippen LogP contribution in [-0.4, -0.2) is 44.8 Å². The molecular weight excluding hydrogens is 419 g/mol. The van der Waals surface area contributed by atoms with Crippen LogP contribution in [0.15, 0.2) is 52.0 Å². The van der Waals surface area contributed by atoms with E-state index in [1.165, 1.54) is 4.90 Å². The molecule has 6 nitrogen and oxygen atoms in total. The molecule has 29 heavy (non-hydrogen) atoms. The van der Waals surface area contributed by atoms with E-state index < -0.39 is 18.0 Å². The summed E-state index contributed by atoms with van der Waals surface area (Å²) in [6.45, 7) is 3.45. The summed E-state index contributed by atoms with van der Waals surface area (Å²) in [5.41, 5.74) is 1.48. The first-order valence-electron chi connectivity index (χ1n) is 9.01. The van der Waals surface area contributed by atoms with Gasteiger partial charge in [0.05, 0.1) is 39.9 Å². The number of carboxylic acid groups (broad SMARTS) is 1. The molecule has 146 valence electrons. The Hall–Kier alpha value is -1.16. The number of aliphatic carboxylic acids is 1. The molecule has 9 heteroatoms. The maximum atomic E-state index is 12.3. The maximum absolute atomic E-state index is 12.3. The molecule has 1 N–H and O–H groups in total. The number of thioether (sulfide) groups is 1. The number of β-lactam (4-membered cyclic amide) rings is 1. The van der Waals surface area contributed by atoms with Crippen LogP contribution in [0.1, 0.15) is 13.8 Å². The minimum Gasteiger partial charge on any atom is -0.543 e. The van der Waals surface area contributed by atoms with Gasteiger partial charge in [0.1, 0.15) is 0 Å². The molecule has 1 saturated heterocycles. The van der Waals surface area contributed by atoms with E-state index in [-0.39, 0.29) is 53.1 Å². The molecule has 2 aliphatic rings. The monoisotopic (exact) mass is 438 g/mol.